The molecule has 3 rings (SSSR count). The van der Waals surface area contributed by atoms with Gasteiger partial charge in [-0.15, -0.1) is 0 Å². The predicted octanol–water partition coefficient (Wildman–Crippen LogP) is 2.37. The number of nitrogens with zero attached hydrogens (tertiary/aromatic N) is 2. The number of hydrogen-bond donors (Lipinski definition) is 2. The van der Waals surface area contributed by atoms with E-state index in [-0.39, 0.29) is 0 Å². The van der Waals surface area contributed by atoms with Crippen molar-refractivity contribution in [2.24, 2.45) is 17.8 Å². The molecule has 1 heterocycles. The van der Waals surface area contributed by atoms with E-state index in [0.29, 0.717) is 0 Å². The quantitative estimate of drug-likeness (QED) is 0.790. The molecule has 0 radical (unpaired) electrons. The van der Waals surface area contributed by atoms with Gasteiger partial charge in [-0.05, 0) is 43.4 Å². The lowest BCUT2D eigenvalue weighted by Crippen LogP contribution is -2.18. The highest BCUT2D eigenvalue weighted by Gasteiger charge is 2.40. The van der Waals surface area contributed by atoms with E-state index in [2.05, 4.69) is 20.6 Å². The van der Waals surface area contributed by atoms with Crippen molar-refractivity contribution in [2.45, 2.75) is 25.7 Å². The minimum atomic E-state index is 0.872. The number of hydrogen-bond acceptors (Lipinski definition) is 4. The van der Waals surface area contributed by atoms with Gasteiger partial charge in [-0.25, -0.2) is 9.97 Å². The highest BCUT2D eigenvalue weighted by molar-refractivity contribution is 5.45. The molecule has 17 heavy (non-hydrogen) atoms. The van der Waals surface area contributed by atoms with Crippen LogP contribution in [-0.2, 0) is 0 Å². The fourth-order valence-corrected chi connectivity index (χ4v) is 2.58. The molecule has 0 bridgehead atoms. The molecule has 0 unspecified atom stereocenters. The van der Waals surface area contributed by atoms with Crippen LogP contribution in [-0.4, -0.2) is 23.6 Å². The summed E-state index contributed by atoms with van der Waals surface area (Å²) in [5.41, 5.74) is 0. The van der Waals surface area contributed by atoms with Crippen molar-refractivity contribution in [2.75, 3.05) is 24.2 Å². The van der Waals surface area contributed by atoms with Gasteiger partial charge in [0.1, 0.15) is 18.0 Å². The van der Waals surface area contributed by atoms with Gasteiger partial charge in [-0.2, -0.15) is 0 Å². The van der Waals surface area contributed by atoms with Gasteiger partial charge in [0, 0.05) is 19.7 Å². The molecule has 0 aliphatic heterocycles. The summed E-state index contributed by atoms with van der Waals surface area (Å²) in [6.45, 7) is 1.08. The largest absolute Gasteiger partial charge is 0.373 e. The first-order valence-electron chi connectivity index (χ1n) is 6.60. The Morgan fingerprint density at radius 3 is 2.41 bits per heavy atom. The Morgan fingerprint density at radius 1 is 1.18 bits per heavy atom. The highest BCUT2D eigenvalue weighted by atomic mass is 15.1. The van der Waals surface area contributed by atoms with Crippen molar-refractivity contribution in [1.29, 1.82) is 0 Å². The van der Waals surface area contributed by atoms with Gasteiger partial charge in [0.15, 0.2) is 0 Å². The van der Waals surface area contributed by atoms with Crippen molar-refractivity contribution in [3.8, 4) is 0 Å². The molecule has 0 spiro atoms. The van der Waals surface area contributed by atoms with Crippen LogP contribution in [0.4, 0.5) is 11.6 Å². The second kappa shape index (κ2) is 4.51. The zero-order valence-corrected chi connectivity index (χ0v) is 10.3. The topological polar surface area (TPSA) is 49.8 Å². The van der Waals surface area contributed by atoms with E-state index in [0.717, 1.165) is 35.9 Å². The van der Waals surface area contributed by atoms with Gasteiger partial charge in [-0.3, -0.25) is 0 Å². The monoisotopic (exact) mass is 232 g/mol. The minimum Gasteiger partial charge on any atom is -0.373 e. The van der Waals surface area contributed by atoms with Gasteiger partial charge in [-0.1, -0.05) is 0 Å². The molecule has 0 aromatic carbocycles. The first-order chi connectivity index (χ1) is 8.36. The molecule has 4 heteroatoms. The Hall–Kier alpha value is -1.32. The van der Waals surface area contributed by atoms with Gasteiger partial charge in [0.2, 0.25) is 0 Å². The molecule has 0 saturated heterocycles. The third-order valence-corrected chi connectivity index (χ3v) is 3.90. The van der Waals surface area contributed by atoms with Crippen molar-refractivity contribution >= 4 is 11.6 Å². The van der Waals surface area contributed by atoms with E-state index in [4.69, 9.17) is 0 Å². The van der Waals surface area contributed by atoms with Gasteiger partial charge < -0.3 is 10.6 Å². The first kappa shape index (κ1) is 10.8. The Labute approximate surface area is 102 Å². The minimum absolute atomic E-state index is 0.872. The SMILES string of the molecule is CNc1cc(NCC(C2CC2)C2CC2)ncn1. The zero-order valence-electron chi connectivity index (χ0n) is 10.3. The van der Waals surface area contributed by atoms with Crippen LogP contribution in [0.25, 0.3) is 0 Å². The Morgan fingerprint density at radius 2 is 1.82 bits per heavy atom. The summed E-state index contributed by atoms with van der Waals surface area (Å²) < 4.78 is 0. The van der Waals surface area contributed by atoms with Crippen molar-refractivity contribution in [1.82, 2.24) is 9.97 Å². The molecule has 2 fully saturated rings. The van der Waals surface area contributed by atoms with Gasteiger partial charge in [0.25, 0.3) is 0 Å². The Kier molecular flexibility index (Phi) is 2.87. The summed E-state index contributed by atoms with van der Waals surface area (Å²) in [4.78, 5) is 8.37. The fraction of sp³-hybridized carbons (Fsp3) is 0.692. The van der Waals surface area contributed by atoms with Crippen LogP contribution in [0.15, 0.2) is 12.4 Å². The van der Waals surface area contributed by atoms with Gasteiger partial charge in [0.05, 0.1) is 0 Å². The summed E-state index contributed by atoms with van der Waals surface area (Å²) in [5.74, 6) is 4.66. The molecule has 2 aliphatic rings. The zero-order chi connectivity index (χ0) is 11.7. The lowest BCUT2D eigenvalue weighted by atomic mass is 9.98. The maximum absolute atomic E-state index is 4.26. The molecular formula is C13H20N4. The standard InChI is InChI=1S/C13H20N4/c1-14-12-6-13(17-8-16-12)15-7-11(9-2-3-9)10-4-5-10/h6,8-11H,2-5,7H2,1H3,(H2,14,15,16,17). The molecule has 2 N–H and O–H groups in total. The molecule has 4 nitrogen and oxygen atoms in total. The van der Waals surface area contributed by atoms with Crippen LogP contribution in [0.2, 0.25) is 0 Å². The second-order valence-corrected chi connectivity index (χ2v) is 5.26. The smallest absolute Gasteiger partial charge is 0.131 e. The maximum Gasteiger partial charge on any atom is 0.131 e. The van der Waals surface area contributed by atoms with Crippen LogP contribution >= 0.6 is 0 Å². The number of rotatable bonds is 6. The molecule has 1 aromatic rings. The summed E-state index contributed by atoms with van der Waals surface area (Å²) in [5, 5.41) is 6.51. The highest BCUT2D eigenvalue weighted by Crippen LogP contribution is 2.49. The van der Waals surface area contributed by atoms with E-state index in [1.165, 1.54) is 25.7 Å². The summed E-state index contributed by atoms with van der Waals surface area (Å²) >= 11 is 0. The van der Waals surface area contributed by atoms with Crippen molar-refractivity contribution in [3.05, 3.63) is 12.4 Å². The molecule has 1 aromatic heterocycles. The van der Waals surface area contributed by atoms with Crippen LogP contribution in [0.3, 0.4) is 0 Å². The summed E-state index contributed by atoms with van der Waals surface area (Å²) in [6, 6.07) is 1.97. The van der Waals surface area contributed by atoms with Crippen molar-refractivity contribution in [3.63, 3.8) is 0 Å². The van der Waals surface area contributed by atoms with E-state index in [1.54, 1.807) is 6.33 Å². The molecular weight excluding hydrogens is 212 g/mol. The molecule has 2 aliphatic carbocycles. The summed E-state index contributed by atoms with van der Waals surface area (Å²) in [6.07, 6.45) is 7.36. The molecule has 0 amide bonds. The van der Waals surface area contributed by atoms with Gasteiger partial charge >= 0.3 is 0 Å². The lowest BCUT2D eigenvalue weighted by molar-refractivity contribution is 0.427. The molecule has 0 atom stereocenters. The van der Waals surface area contributed by atoms with Crippen LogP contribution in [0.5, 0.6) is 0 Å². The average molecular weight is 232 g/mol. The van der Waals surface area contributed by atoms with E-state index in [1.807, 2.05) is 13.1 Å². The summed E-state index contributed by atoms with van der Waals surface area (Å²) in [7, 11) is 1.88. The van der Waals surface area contributed by atoms with E-state index in [9.17, 15) is 0 Å². The van der Waals surface area contributed by atoms with E-state index < -0.39 is 0 Å². The molecule has 92 valence electrons. The number of nitrogens with one attached hydrogen (secondary N) is 2. The molecule has 2 saturated carbocycles. The number of aromatic nitrogens is 2. The lowest BCUT2D eigenvalue weighted by Gasteiger charge is -2.16. The predicted molar refractivity (Wildman–Crippen MR) is 69.0 cm³/mol. The van der Waals surface area contributed by atoms with Crippen LogP contribution in [0.1, 0.15) is 25.7 Å². The fourth-order valence-electron chi connectivity index (χ4n) is 2.58. The van der Waals surface area contributed by atoms with E-state index >= 15 is 0 Å². The second-order valence-electron chi connectivity index (χ2n) is 5.26. The third-order valence-electron chi connectivity index (χ3n) is 3.90. The van der Waals surface area contributed by atoms with Crippen molar-refractivity contribution < 1.29 is 0 Å². The maximum atomic E-state index is 4.26. The Balaban J connectivity index is 1.58. The Bertz CT molecular complexity index is 373. The van der Waals surface area contributed by atoms with Crippen LogP contribution < -0.4 is 10.6 Å². The number of anilines is 2. The normalized spacial score (nSPS) is 19.4. The average Bonchev–Trinajstić information content (AvgIpc) is 3.22. The third kappa shape index (κ3) is 2.68. The first-order valence-corrected chi connectivity index (χ1v) is 6.60. The van der Waals surface area contributed by atoms with Crippen LogP contribution in [0, 0.1) is 17.8 Å².